The number of hydrogen-bond acceptors (Lipinski definition) is 2. The lowest BCUT2D eigenvalue weighted by atomic mass is 10.2. The van der Waals surface area contributed by atoms with Gasteiger partial charge in [-0.3, -0.25) is 9.89 Å². The zero-order chi connectivity index (χ0) is 10.3. The Kier molecular flexibility index (Phi) is 2.01. The first-order valence-corrected chi connectivity index (χ1v) is 5.66. The van der Waals surface area contributed by atoms with E-state index < -0.39 is 0 Å². The van der Waals surface area contributed by atoms with Gasteiger partial charge in [-0.05, 0) is 38.0 Å². The van der Waals surface area contributed by atoms with Gasteiger partial charge < -0.3 is 5.32 Å². The van der Waals surface area contributed by atoms with Crippen molar-refractivity contribution in [2.45, 2.75) is 32.1 Å². The first-order chi connectivity index (χ1) is 7.31. The number of nitrogens with one attached hydrogen (secondary N) is 2. The molecule has 1 aromatic heterocycles. The van der Waals surface area contributed by atoms with Crippen LogP contribution in [0.1, 0.15) is 31.4 Å². The smallest absolute Gasteiger partial charge is 0.228 e. The molecule has 0 unspecified atom stereocenters. The molecule has 3 rings (SSSR count). The topological polar surface area (TPSA) is 57.8 Å². The summed E-state index contributed by atoms with van der Waals surface area (Å²) < 4.78 is 0. The maximum Gasteiger partial charge on any atom is 0.228 e. The van der Waals surface area contributed by atoms with Crippen molar-refractivity contribution in [1.82, 2.24) is 10.2 Å². The standard InChI is InChI=1S/C11H15N3O/c15-11(8-3-4-8)12-10-6-9(13-14-10)5-7-1-2-7/h6-8H,1-5H2,(H2,12,13,14,15). The molecule has 1 amide bonds. The third-order valence-electron chi connectivity index (χ3n) is 3.04. The lowest BCUT2D eigenvalue weighted by molar-refractivity contribution is -0.117. The van der Waals surface area contributed by atoms with E-state index >= 15 is 0 Å². The van der Waals surface area contributed by atoms with Gasteiger partial charge >= 0.3 is 0 Å². The number of H-pyrrole nitrogens is 1. The second-order valence-corrected chi connectivity index (χ2v) is 4.69. The van der Waals surface area contributed by atoms with Crippen molar-refractivity contribution >= 4 is 11.7 Å². The van der Waals surface area contributed by atoms with Crippen molar-refractivity contribution in [3.8, 4) is 0 Å². The molecule has 80 valence electrons. The molecular formula is C11H15N3O. The molecule has 2 N–H and O–H groups in total. The molecule has 0 saturated heterocycles. The van der Waals surface area contributed by atoms with Gasteiger partial charge in [-0.1, -0.05) is 0 Å². The van der Waals surface area contributed by atoms with E-state index in [9.17, 15) is 4.79 Å². The number of aromatic amines is 1. The summed E-state index contributed by atoms with van der Waals surface area (Å²) in [6, 6.07) is 1.96. The fourth-order valence-electron chi connectivity index (χ4n) is 1.74. The Hall–Kier alpha value is -1.32. The third-order valence-corrected chi connectivity index (χ3v) is 3.04. The van der Waals surface area contributed by atoms with Crippen LogP contribution in [-0.4, -0.2) is 16.1 Å². The van der Waals surface area contributed by atoms with Crippen LogP contribution in [0, 0.1) is 11.8 Å². The molecule has 2 aliphatic carbocycles. The molecule has 0 radical (unpaired) electrons. The Balaban J connectivity index is 1.59. The van der Waals surface area contributed by atoms with E-state index in [1.807, 2.05) is 6.07 Å². The van der Waals surface area contributed by atoms with Gasteiger partial charge in [-0.25, -0.2) is 0 Å². The number of carbonyl (C=O) groups excluding carboxylic acids is 1. The van der Waals surface area contributed by atoms with Crippen molar-refractivity contribution < 1.29 is 4.79 Å². The van der Waals surface area contributed by atoms with Crippen LogP contribution >= 0.6 is 0 Å². The lowest BCUT2D eigenvalue weighted by Crippen LogP contribution is -2.13. The van der Waals surface area contributed by atoms with Crippen LogP contribution in [0.25, 0.3) is 0 Å². The SMILES string of the molecule is O=C(Nc1cc(CC2CC2)[nH]n1)C1CC1. The highest BCUT2D eigenvalue weighted by molar-refractivity contribution is 5.93. The molecule has 1 heterocycles. The highest BCUT2D eigenvalue weighted by atomic mass is 16.2. The third kappa shape index (κ3) is 2.19. The highest BCUT2D eigenvalue weighted by Gasteiger charge is 2.30. The van der Waals surface area contributed by atoms with E-state index in [0.717, 1.165) is 30.9 Å². The average molecular weight is 205 g/mol. The maximum atomic E-state index is 11.5. The number of carbonyl (C=O) groups is 1. The fraction of sp³-hybridized carbons (Fsp3) is 0.636. The number of rotatable bonds is 4. The van der Waals surface area contributed by atoms with Crippen molar-refractivity contribution in [3.63, 3.8) is 0 Å². The minimum Gasteiger partial charge on any atom is -0.309 e. The summed E-state index contributed by atoms with van der Waals surface area (Å²) in [5.41, 5.74) is 1.14. The van der Waals surface area contributed by atoms with Crippen molar-refractivity contribution in [2.75, 3.05) is 5.32 Å². The van der Waals surface area contributed by atoms with Crippen LogP contribution in [0.2, 0.25) is 0 Å². The largest absolute Gasteiger partial charge is 0.309 e. The second-order valence-electron chi connectivity index (χ2n) is 4.69. The Bertz CT molecular complexity index is 377. The summed E-state index contributed by atoms with van der Waals surface area (Å²) in [7, 11) is 0. The van der Waals surface area contributed by atoms with E-state index in [1.54, 1.807) is 0 Å². The van der Waals surface area contributed by atoms with Gasteiger partial charge in [0.2, 0.25) is 5.91 Å². The monoisotopic (exact) mass is 205 g/mol. The van der Waals surface area contributed by atoms with Crippen molar-refractivity contribution in [1.29, 1.82) is 0 Å². The molecular weight excluding hydrogens is 190 g/mol. The van der Waals surface area contributed by atoms with Crippen LogP contribution < -0.4 is 5.32 Å². The van der Waals surface area contributed by atoms with Crippen molar-refractivity contribution in [2.24, 2.45) is 11.8 Å². The highest BCUT2D eigenvalue weighted by Crippen LogP contribution is 2.33. The normalized spacial score (nSPS) is 20.3. The molecule has 15 heavy (non-hydrogen) atoms. The quantitative estimate of drug-likeness (QED) is 0.786. The van der Waals surface area contributed by atoms with Gasteiger partial charge in [0.05, 0.1) is 0 Å². The molecule has 0 atom stereocenters. The van der Waals surface area contributed by atoms with E-state index in [-0.39, 0.29) is 11.8 Å². The van der Waals surface area contributed by atoms with Crippen LogP contribution in [0.5, 0.6) is 0 Å². The Labute approximate surface area is 88.4 Å². The molecule has 0 aliphatic heterocycles. The minimum atomic E-state index is 0.125. The molecule has 4 heteroatoms. The summed E-state index contributed by atoms with van der Waals surface area (Å²) in [6.45, 7) is 0. The second kappa shape index (κ2) is 3.36. The maximum absolute atomic E-state index is 11.5. The summed E-state index contributed by atoms with van der Waals surface area (Å²) in [6.07, 6.45) is 5.81. The molecule has 2 saturated carbocycles. The molecule has 2 fully saturated rings. The van der Waals surface area contributed by atoms with Gasteiger partial charge in [0.25, 0.3) is 0 Å². The van der Waals surface area contributed by atoms with Gasteiger partial charge in [0.1, 0.15) is 0 Å². The molecule has 0 spiro atoms. The number of hydrogen-bond donors (Lipinski definition) is 2. The Morgan fingerprint density at radius 2 is 2.27 bits per heavy atom. The number of aromatic nitrogens is 2. The predicted octanol–water partition coefficient (Wildman–Crippen LogP) is 1.71. The zero-order valence-corrected chi connectivity index (χ0v) is 8.62. The molecule has 0 aromatic carbocycles. The first kappa shape index (κ1) is 8.95. The Morgan fingerprint density at radius 1 is 1.47 bits per heavy atom. The molecule has 2 aliphatic rings. The molecule has 0 bridgehead atoms. The van der Waals surface area contributed by atoms with E-state index in [1.165, 1.54) is 12.8 Å². The van der Waals surface area contributed by atoms with Crippen LogP contribution in [0.15, 0.2) is 6.07 Å². The number of amides is 1. The van der Waals surface area contributed by atoms with Crippen LogP contribution in [0.4, 0.5) is 5.82 Å². The number of anilines is 1. The molecule has 4 nitrogen and oxygen atoms in total. The first-order valence-electron chi connectivity index (χ1n) is 5.66. The van der Waals surface area contributed by atoms with Crippen LogP contribution in [-0.2, 0) is 11.2 Å². The van der Waals surface area contributed by atoms with E-state index in [0.29, 0.717) is 5.82 Å². The minimum absolute atomic E-state index is 0.125. The summed E-state index contributed by atoms with van der Waals surface area (Å²) in [4.78, 5) is 11.5. The Morgan fingerprint density at radius 3 is 2.93 bits per heavy atom. The fourth-order valence-corrected chi connectivity index (χ4v) is 1.74. The summed E-state index contributed by atoms with van der Waals surface area (Å²) >= 11 is 0. The van der Waals surface area contributed by atoms with Gasteiger partial charge in [-0.15, -0.1) is 0 Å². The zero-order valence-electron chi connectivity index (χ0n) is 8.62. The van der Waals surface area contributed by atoms with Gasteiger partial charge in [0.15, 0.2) is 5.82 Å². The average Bonchev–Trinajstić information content (AvgIpc) is 3.08. The molecule has 1 aromatic rings. The van der Waals surface area contributed by atoms with E-state index in [2.05, 4.69) is 15.5 Å². The summed E-state index contributed by atoms with van der Waals surface area (Å²) in [5.74, 6) is 1.90. The van der Waals surface area contributed by atoms with E-state index in [4.69, 9.17) is 0 Å². The van der Waals surface area contributed by atoms with Crippen LogP contribution in [0.3, 0.4) is 0 Å². The van der Waals surface area contributed by atoms with Gasteiger partial charge in [-0.2, -0.15) is 5.10 Å². The predicted molar refractivity (Wildman–Crippen MR) is 56.4 cm³/mol. The summed E-state index contributed by atoms with van der Waals surface area (Å²) in [5, 5.41) is 9.90. The van der Waals surface area contributed by atoms with Crippen molar-refractivity contribution in [3.05, 3.63) is 11.8 Å². The van der Waals surface area contributed by atoms with Gasteiger partial charge in [0, 0.05) is 17.7 Å². The lowest BCUT2D eigenvalue weighted by Gasteiger charge is -1.97. The number of nitrogens with zero attached hydrogens (tertiary/aromatic N) is 1.